The summed E-state index contributed by atoms with van der Waals surface area (Å²) < 4.78 is 4.80. The fourth-order valence-corrected chi connectivity index (χ4v) is 2.97. The molecule has 0 amide bonds. The molecule has 0 aromatic heterocycles. The summed E-state index contributed by atoms with van der Waals surface area (Å²) in [6.07, 6.45) is 25.7. The van der Waals surface area contributed by atoms with Crippen LogP contribution >= 0.6 is 0 Å². The van der Waals surface area contributed by atoms with Gasteiger partial charge in [0.25, 0.3) is 0 Å². The lowest BCUT2D eigenvalue weighted by molar-refractivity contribution is 0.0600. The molecule has 27 heavy (non-hydrogen) atoms. The quantitative estimate of drug-likeness (QED) is 0.193. The molecule has 2 nitrogen and oxygen atoms in total. The van der Waals surface area contributed by atoms with Crippen LogP contribution in [-0.2, 0) is 4.74 Å². The Morgan fingerprint density at radius 3 is 2.19 bits per heavy atom. The number of carbonyl (C=O) groups excluding carboxylic acids is 1. The van der Waals surface area contributed by atoms with E-state index in [9.17, 15) is 4.79 Å². The number of allylic oxidation sites excluding steroid dienone is 5. The highest BCUT2D eigenvalue weighted by atomic mass is 16.5. The van der Waals surface area contributed by atoms with Crippen LogP contribution in [0.3, 0.4) is 0 Å². The zero-order valence-electron chi connectivity index (χ0n) is 17.2. The van der Waals surface area contributed by atoms with E-state index in [1.54, 1.807) is 6.07 Å². The third-order valence-electron chi connectivity index (χ3n) is 4.59. The number of carbonyl (C=O) groups is 1. The zero-order valence-corrected chi connectivity index (χ0v) is 17.2. The van der Waals surface area contributed by atoms with Crippen molar-refractivity contribution >= 4 is 12.0 Å². The number of benzene rings is 1. The van der Waals surface area contributed by atoms with Crippen molar-refractivity contribution in [2.75, 3.05) is 7.11 Å². The van der Waals surface area contributed by atoms with Crippen molar-refractivity contribution in [1.29, 1.82) is 0 Å². The second kappa shape index (κ2) is 16.1. The lowest BCUT2D eigenvalue weighted by Crippen LogP contribution is -2.02. The van der Waals surface area contributed by atoms with E-state index >= 15 is 0 Å². The maximum absolute atomic E-state index is 11.7. The van der Waals surface area contributed by atoms with E-state index in [1.807, 2.05) is 42.5 Å². The fourth-order valence-electron chi connectivity index (χ4n) is 2.97. The van der Waals surface area contributed by atoms with E-state index in [-0.39, 0.29) is 5.97 Å². The molecule has 1 aromatic carbocycles. The number of rotatable bonds is 14. The van der Waals surface area contributed by atoms with Gasteiger partial charge < -0.3 is 4.74 Å². The first kappa shape index (κ1) is 23.0. The van der Waals surface area contributed by atoms with Gasteiger partial charge in [0.1, 0.15) is 0 Å². The summed E-state index contributed by atoms with van der Waals surface area (Å²) in [5.41, 5.74) is 1.46. The van der Waals surface area contributed by atoms with E-state index in [0.29, 0.717) is 5.56 Å². The molecule has 0 unspecified atom stereocenters. The van der Waals surface area contributed by atoms with Crippen molar-refractivity contribution in [3.05, 3.63) is 65.8 Å². The molecule has 0 radical (unpaired) electrons. The lowest BCUT2D eigenvalue weighted by Gasteiger charge is -2.02. The van der Waals surface area contributed by atoms with Crippen LogP contribution in [0.5, 0.6) is 0 Å². The molecule has 0 saturated heterocycles. The maximum atomic E-state index is 11.7. The van der Waals surface area contributed by atoms with Crippen LogP contribution in [0.25, 0.3) is 6.08 Å². The predicted octanol–water partition coefficient (Wildman–Crippen LogP) is 7.52. The fraction of sp³-hybridized carbons (Fsp3) is 0.480. The summed E-state index contributed by atoms with van der Waals surface area (Å²) in [7, 11) is 1.40. The predicted molar refractivity (Wildman–Crippen MR) is 117 cm³/mol. The van der Waals surface area contributed by atoms with Crippen LogP contribution in [0.1, 0.15) is 87.1 Å². The van der Waals surface area contributed by atoms with Crippen LogP contribution in [0.4, 0.5) is 0 Å². The number of esters is 1. The third kappa shape index (κ3) is 11.3. The van der Waals surface area contributed by atoms with Gasteiger partial charge in [-0.2, -0.15) is 0 Å². The molecule has 0 aliphatic rings. The first-order valence-electron chi connectivity index (χ1n) is 10.5. The summed E-state index contributed by atoms with van der Waals surface area (Å²) >= 11 is 0. The minimum atomic E-state index is -0.305. The molecule has 0 atom stereocenters. The summed E-state index contributed by atoms with van der Waals surface area (Å²) in [6, 6.07) is 7.45. The van der Waals surface area contributed by atoms with Crippen molar-refractivity contribution in [3.8, 4) is 0 Å². The van der Waals surface area contributed by atoms with Crippen LogP contribution in [0.15, 0.2) is 54.6 Å². The molecule has 0 spiro atoms. The molecule has 0 heterocycles. The van der Waals surface area contributed by atoms with Gasteiger partial charge in [-0.1, -0.05) is 113 Å². The molecule has 0 fully saturated rings. The second-order valence-electron chi connectivity index (χ2n) is 6.87. The lowest BCUT2D eigenvalue weighted by atomic mass is 10.1. The minimum Gasteiger partial charge on any atom is -0.465 e. The minimum absolute atomic E-state index is 0.305. The summed E-state index contributed by atoms with van der Waals surface area (Å²) in [5.74, 6) is -0.305. The smallest absolute Gasteiger partial charge is 0.338 e. The molecule has 2 heteroatoms. The standard InChI is InChI=1S/C25H36O2/c1-3-4-5-6-7-8-9-10-11-12-13-14-15-16-17-20-23-21-18-19-22-24(23)25(26)27-2/h13-22H,3-12H2,1-2H3. The van der Waals surface area contributed by atoms with Crippen molar-refractivity contribution in [2.24, 2.45) is 0 Å². The van der Waals surface area contributed by atoms with Gasteiger partial charge in [0, 0.05) is 0 Å². The van der Waals surface area contributed by atoms with Gasteiger partial charge in [-0.15, -0.1) is 0 Å². The molecule has 0 bridgehead atoms. The van der Waals surface area contributed by atoms with Crippen molar-refractivity contribution < 1.29 is 9.53 Å². The Hall–Kier alpha value is -2.09. The van der Waals surface area contributed by atoms with E-state index < -0.39 is 0 Å². The highest BCUT2D eigenvalue weighted by molar-refractivity contribution is 5.93. The van der Waals surface area contributed by atoms with Gasteiger partial charge in [-0.05, 0) is 24.5 Å². The second-order valence-corrected chi connectivity index (χ2v) is 6.87. The van der Waals surface area contributed by atoms with Gasteiger partial charge in [0.15, 0.2) is 0 Å². The Morgan fingerprint density at radius 1 is 0.852 bits per heavy atom. The number of methoxy groups -OCH3 is 1. The topological polar surface area (TPSA) is 26.3 Å². The van der Waals surface area contributed by atoms with Crippen LogP contribution in [0.2, 0.25) is 0 Å². The molecule has 0 aliphatic heterocycles. The molecule has 0 saturated carbocycles. The number of hydrogen-bond acceptors (Lipinski definition) is 2. The monoisotopic (exact) mass is 368 g/mol. The molecular weight excluding hydrogens is 332 g/mol. The average molecular weight is 369 g/mol. The summed E-state index contributed by atoms with van der Waals surface area (Å²) in [6.45, 7) is 2.27. The van der Waals surface area contributed by atoms with Crippen molar-refractivity contribution in [3.63, 3.8) is 0 Å². The average Bonchev–Trinajstić information content (AvgIpc) is 2.70. The highest BCUT2D eigenvalue weighted by Crippen LogP contribution is 2.12. The number of ether oxygens (including phenoxy) is 1. The van der Waals surface area contributed by atoms with E-state index in [4.69, 9.17) is 4.74 Å². The first-order valence-corrected chi connectivity index (χ1v) is 10.5. The Balaban J connectivity index is 2.15. The SMILES string of the molecule is CCCCCCCCCCCC=CC=CC=Cc1ccccc1C(=O)OC. The van der Waals surface area contributed by atoms with Gasteiger partial charge in [-0.25, -0.2) is 4.79 Å². The van der Waals surface area contributed by atoms with Gasteiger partial charge in [0.2, 0.25) is 0 Å². The third-order valence-corrected chi connectivity index (χ3v) is 4.59. The molecule has 1 aromatic rings. The largest absolute Gasteiger partial charge is 0.465 e. The van der Waals surface area contributed by atoms with Gasteiger partial charge in [-0.3, -0.25) is 0 Å². The van der Waals surface area contributed by atoms with Gasteiger partial charge in [0.05, 0.1) is 12.7 Å². The normalized spacial score (nSPS) is 11.8. The summed E-state index contributed by atoms with van der Waals surface area (Å²) in [4.78, 5) is 11.7. The van der Waals surface area contributed by atoms with Crippen molar-refractivity contribution in [2.45, 2.75) is 71.1 Å². The maximum Gasteiger partial charge on any atom is 0.338 e. The van der Waals surface area contributed by atoms with Gasteiger partial charge >= 0.3 is 5.97 Å². The van der Waals surface area contributed by atoms with Crippen LogP contribution < -0.4 is 0 Å². The number of unbranched alkanes of at least 4 members (excludes halogenated alkanes) is 9. The van der Waals surface area contributed by atoms with Crippen LogP contribution in [0, 0.1) is 0 Å². The van der Waals surface area contributed by atoms with E-state index in [2.05, 4.69) is 19.1 Å². The molecule has 1 rings (SSSR count). The Labute approximate surface area is 166 Å². The first-order chi connectivity index (χ1) is 13.3. The molecular formula is C25H36O2. The Morgan fingerprint density at radius 2 is 1.48 bits per heavy atom. The van der Waals surface area contributed by atoms with Crippen molar-refractivity contribution in [1.82, 2.24) is 0 Å². The number of hydrogen-bond donors (Lipinski definition) is 0. The molecule has 148 valence electrons. The van der Waals surface area contributed by atoms with E-state index in [1.165, 1.54) is 64.9 Å². The van der Waals surface area contributed by atoms with Crippen LogP contribution in [-0.4, -0.2) is 13.1 Å². The molecule has 0 N–H and O–H groups in total. The Bertz CT molecular complexity index is 596. The summed E-state index contributed by atoms with van der Waals surface area (Å²) in [5, 5.41) is 0. The highest BCUT2D eigenvalue weighted by Gasteiger charge is 2.07. The zero-order chi connectivity index (χ0) is 19.6. The Kier molecular flexibility index (Phi) is 13.7. The molecule has 0 aliphatic carbocycles. The van der Waals surface area contributed by atoms with E-state index in [0.717, 1.165) is 12.0 Å².